The number of anilines is 1. The Balaban J connectivity index is 2.15. The van der Waals surface area contributed by atoms with Gasteiger partial charge < -0.3 is 20.7 Å². The summed E-state index contributed by atoms with van der Waals surface area (Å²) < 4.78 is 2.15. The lowest BCUT2D eigenvalue weighted by Gasteiger charge is -2.07. The Kier molecular flexibility index (Phi) is 5.92. The maximum Gasteiger partial charge on any atom is 0.404 e. The highest BCUT2D eigenvalue weighted by Gasteiger charge is 2.10. The number of amides is 1. The maximum atomic E-state index is 10.4. The van der Waals surface area contributed by atoms with Gasteiger partial charge in [-0.15, -0.1) is 0 Å². The first kappa shape index (κ1) is 17.2. The lowest BCUT2D eigenvalue weighted by molar-refractivity contribution is 0.194. The van der Waals surface area contributed by atoms with Gasteiger partial charge in [0.25, 0.3) is 0 Å². The van der Waals surface area contributed by atoms with Gasteiger partial charge in [-0.2, -0.15) is 0 Å². The number of allylic oxidation sites excluding steroid dienone is 2. The number of benzene rings is 1. The molecule has 6 nitrogen and oxygen atoms in total. The van der Waals surface area contributed by atoms with Crippen molar-refractivity contribution >= 4 is 34.6 Å². The van der Waals surface area contributed by atoms with Crippen LogP contribution in [-0.2, 0) is 6.54 Å². The van der Waals surface area contributed by atoms with E-state index in [0.717, 1.165) is 40.6 Å². The Morgan fingerprint density at radius 3 is 2.96 bits per heavy atom. The van der Waals surface area contributed by atoms with Crippen molar-refractivity contribution in [2.45, 2.75) is 32.0 Å². The van der Waals surface area contributed by atoms with Crippen LogP contribution in [0, 0.1) is 0 Å². The standard InChI is InChI=1S/C16H22N4O2S/c1-11(2)6-8-20-14-10-12(17)4-5-13(14)19-15(20)23-9-3-7-18-16(21)22/h4-6,10,18H,3,7-9,17H2,1-2H3,(H,21,22). The molecule has 0 radical (unpaired) electrons. The van der Waals surface area contributed by atoms with Crippen molar-refractivity contribution in [3.05, 3.63) is 29.8 Å². The van der Waals surface area contributed by atoms with E-state index in [-0.39, 0.29) is 0 Å². The number of nitrogen functional groups attached to an aromatic ring is 1. The second-order valence-corrected chi connectivity index (χ2v) is 6.53. The van der Waals surface area contributed by atoms with E-state index in [1.54, 1.807) is 11.8 Å². The third-order valence-electron chi connectivity index (χ3n) is 3.25. The fourth-order valence-corrected chi connectivity index (χ4v) is 3.07. The highest BCUT2D eigenvalue weighted by Crippen LogP contribution is 2.26. The molecule has 2 rings (SSSR count). The molecule has 0 atom stereocenters. The van der Waals surface area contributed by atoms with Crippen molar-refractivity contribution < 1.29 is 9.90 Å². The summed E-state index contributed by atoms with van der Waals surface area (Å²) in [5.41, 5.74) is 9.81. The number of hydrogen-bond donors (Lipinski definition) is 3. The Bertz CT molecular complexity index is 720. The number of nitrogens with two attached hydrogens (primary N) is 1. The first-order valence-corrected chi connectivity index (χ1v) is 8.44. The van der Waals surface area contributed by atoms with E-state index in [0.29, 0.717) is 6.54 Å². The second kappa shape index (κ2) is 7.92. The smallest absolute Gasteiger partial charge is 0.404 e. The molecule has 0 aliphatic heterocycles. The van der Waals surface area contributed by atoms with Crippen LogP contribution in [0.1, 0.15) is 20.3 Å². The summed E-state index contributed by atoms with van der Waals surface area (Å²) in [6.07, 6.45) is 1.92. The third kappa shape index (κ3) is 4.92. The highest BCUT2D eigenvalue weighted by atomic mass is 32.2. The van der Waals surface area contributed by atoms with Gasteiger partial charge in [-0.05, 0) is 38.5 Å². The van der Waals surface area contributed by atoms with Crippen molar-refractivity contribution in [2.75, 3.05) is 18.0 Å². The van der Waals surface area contributed by atoms with Gasteiger partial charge in [0.15, 0.2) is 5.16 Å². The van der Waals surface area contributed by atoms with E-state index in [1.165, 1.54) is 5.57 Å². The molecule has 1 aromatic heterocycles. The zero-order valence-electron chi connectivity index (χ0n) is 13.4. The molecule has 0 unspecified atom stereocenters. The van der Waals surface area contributed by atoms with Crippen molar-refractivity contribution in [2.24, 2.45) is 0 Å². The SMILES string of the molecule is CC(C)=CCn1c(SCCCNC(=O)O)nc2ccc(N)cc21. The Morgan fingerprint density at radius 1 is 1.48 bits per heavy atom. The molecule has 2 aromatic rings. The first-order valence-electron chi connectivity index (χ1n) is 7.46. The molecule has 4 N–H and O–H groups in total. The molecule has 0 aliphatic carbocycles. The number of rotatable bonds is 7. The van der Waals surface area contributed by atoms with Gasteiger partial charge in [0, 0.05) is 24.5 Å². The van der Waals surface area contributed by atoms with Crippen LogP contribution in [0.4, 0.5) is 10.5 Å². The number of aromatic nitrogens is 2. The lowest BCUT2D eigenvalue weighted by Crippen LogP contribution is -2.22. The van der Waals surface area contributed by atoms with E-state index in [9.17, 15) is 4.79 Å². The molecule has 23 heavy (non-hydrogen) atoms. The van der Waals surface area contributed by atoms with Gasteiger partial charge in [-0.3, -0.25) is 0 Å². The zero-order chi connectivity index (χ0) is 16.8. The summed E-state index contributed by atoms with van der Waals surface area (Å²) >= 11 is 1.63. The Morgan fingerprint density at radius 2 is 2.26 bits per heavy atom. The number of thioether (sulfide) groups is 1. The molecule has 124 valence electrons. The van der Waals surface area contributed by atoms with Crippen LogP contribution in [0.2, 0.25) is 0 Å². The molecular weight excluding hydrogens is 312 g/mol. The number of hydrogen-bond acceptors (Lipinski definition) is 4. The van der Waals surface area contributed by atoms with Crippen LogP contribution in [0.15, 0.2) is 35.0 Å². The van der Waals surface area contributed by atoms with E-state index in [1.807, 2.05) is 18.2 Å². The second-order valence-electron chi connectivity index (χ2n) is 5.47. The molecular formula is C16H22N4O2S. The highest BCUT2D eigenvalue weighted by molar-refractivity contribution is 7.99. The predicted octanol–water partition coefficient (Wildman–Crippen LogP) is 3.33. The number of nitrogens with zero attached hydrogens (tertiary/aromatic N) is 2. The van der Waals surface area contributed by atoms with Crippen LogP contribution in [0.25, 0.3) is 11.0 Å². The minimum atomic E-state index is -0.985. The van der Waals surface area contributed by atoms with Gasteiger partial charge in [0.05, 0.1) is 11.0 Å². The first-order chi connectivity index (χ1) is 11.0. The van der Waals surface area contributed by atoms with Gasteiger partial charge in [-0.1, -0.05) is 23.4 Å². The summed E-state index contributed by atoms with van der Waals surface area (Å²) in [7, 11) is 0. The number of carbonyl (C=O) groups is 1. The topological polar surface area (TPSA) is 93.2 Å². The summed E-state index contributed by atoms with van der Waals surface area (Å²) in [4.78, 5) is 15.1. The average Bonchev–Trinajstić information content (AvgIpc) is 2.81. The minimum absolute atomic E-state index is 0.448. The van der Waals surface area contributed by atoms with E-state index in [4.69, 9.17) is 10.8 Å². The van der Waals surface area contributed by atoms with Crippen LogP contribution in [-0.4, -0.2) is 33.0 Å². The van der Waals surface area contributed by atoms with Crippen LogP contribution in [0.3, 0.4) is 0 Å². The van der Waals surface area contributed by atoms with E-state index in [2.05, 4.69) is 34.8 Å². The number of carboxylic acid groups (broad SMARTS) is 1. The molecule has 1 amide bonds. The van der Waals surface area contributed by atoms with Crippen molar-refractivity contribution in [1.29, 1.82) is 0 Å². The molecule has 1 heterocycles. The quantitative estimate of drug-likeness (QED) is 0.312. The van der Waals surface area contributed by atoms with Gasteiger partial charge in [0.1, 0.15) is 0 Å². The van der Waals surface area contributed by atoms with Crippen molar-refractivity contribution in [3.63, 3.8) is 0 Å². The molecule has 0 bridgehead atoms. The van der Waals surface area contributed by atoms with Gasteiger partial charge >= 0.3 is 6.09 Å². The third-order valence-corrected chi connectivity index (χ3v) is 4.31. The molecule has 0 fully saturated rings. The fourth-order valence-electron chi connectivity index (χ4n) is 2.11. The minimum Gasteiger partial charge on any atom is -0.465 e. The fraction of sp³-hybridized carbons (Fsp3) is 0.375. The molecule has 0 saturated carbocycles. The van der Waals surface area contributed by atoms with Crippen molar-refractivity contribution in [3.8, 4) is 0 Å². The van der Waals surface area contributed by atoms with Crippen molar-refractivity contribution in [1.82, 2.24) is 14.9 Å². The summed E-state index contributed by atoms with van der Waals surface area (Å²) in [5, 5.41) is 11.9. The van der Waals surface area contributed by atoms with Gasteiger partial charge in [0.2, 0.25) is 0 Å². The monoisotopic (exact) mass is 334 g/mol. The van der Waals surface area contributed by atoms with Crippen LogP contribution in [0.5, 0.6) is 0 Å². The van der Waals surface area contributed by atoms with Crippen LogP contribution < -0.4 is 11.1 Å². The number of nitrogens with one attached hydrogen (secondary N) is 1. The Hall–Kier alpha value is -2.15. The summed E-state index contributed by atoms with van der Waals surface area (Å²) in [6, 6.07) is 5.72. The zero-order valence-corrected chi connectivity index (χ0v) is 14.2. The number of imidazole rings is 1. The van der Waals surface area contributed by atoms with Gasteiger partial charge in [-0.25, -0.2) is 9.78 Å². The lowest BCUT2D eigenvalue weighted by atomic mass is 10.2. The molecule has 0 aliphatic rings. The molecule has 1 aromatic carbocycles. The van der Waals surface area contributed by atoms with E-state index >= 15 is 0 Å². The van der Waals surface area contributed by atoms with E-state index < -0.39 is 6.09 Å². The summed E-state index contributed by atoms with van der Waals surface area (Å²) in [6.45, 7) is 5.33. The molecule has 7 heteroatoms. The number of fused-ring (bicyclic) bond motifs is 1. The summed E-state index contributed by atoms with van der Waals surface area (Å²) in [5.74, 6) is 0.800. The predicted molar refractivity (Wildman–Crippen MR) is 94.9 cm³/mol. The molecule has 0 spiro atoms. The normalized spacial score (nSPS) is 10.7. The van der Waals surface area contributed by atoms with Crippen LogP contribution >= 0.6 is 11.8 Å². The maximum absolute atomic E-state index is 10.4. The average molecular weight is 334 g/mol. The largest absolute Gasteiger partial charge is 0.465 e. The molecule has 0 saturated heterocycles. The Labute approximate surface area is 139 Å².